The highest BCUT2D eigenvalue weighted by Crippen LogP contribution is 1.91. The van der Waals surface area contributed by atoms with Crippen molar-refractivity contribution in [1.29, 1.82) is 5.26 Å². The zero-order valence-electron chi connectivity index (χ0n) is 6.47. The molecule has 12 heavy (non-hydrogen) atoms. The molecule has 2 atom stereocenters. The van der Waals surface area contributed by atoms with Gasteiger partial charge in [-0.2, -0.15) is 5.26 Å². The van der Waals surface area contributed by atoms with Crippen LogP contribution in [0.15, 0.2) is 4.99 Å². The number of carbonyl (C=O) groups excluding carboxylic acids is 1. The van der Waals surface area contributed by atoms with E-state index in [0.29, 0.717) is 6.29 Å². The van der Waals surface area contributed by atoms with Crippen LogP contribution in [0.5, 0.6) is 0 Å². The van der Waals surface area contributed by atoms with E-state index in [-0.39, 0.29) is 12.4 Å². The van der Waals surface area contributed by atoms with Crippen molar-refractivity contribution in [3.05, 3.63) is 0 Å². The van der Waals surface area contributed by atoms with Crippen LogP contribution in [-0.4, -0.2) is 30.8 Å². The van der Waals surface area contributed by atoms with E-state index in [1.54, 1.807) is 6.07 Å². The number of nitriles is 1. The maximum absolute atomic E-state index is 10.3. The molecule has 0 rings (SSSR count). The molecule has 0 radical (unpaired) electrons. The molecular formula is C6H11N5O. The Balaban J connectivity index is 4.38. The fourth-order valence-corrected chi connectivity index (χ4v) is 0.516. The van der Waals surface area contributed by atoms with Gasteiger partial charge in [-0.1, -0.05) is 0 Å². The first-order valence-corrected chi connectivity index (χ1v) is 3.28. The number of aliphatic imine (C=N–C) groups is 1. The fraction of sp³-hybridized carbons (Fsp3) is 0.500. The molecule has 0 aliphatic carbocycles. The average molecular weight is 169 g/mol. The molecule has 6 nitrogen and oxygen atoms in total. The second-order valence-corrected chi connectivity index (χ2v) is 2.11. The van der Waals surface area contributed by atoms with E-state index in [2.05, 4.69) is 4.99 Å². The van der Waals surface area contributed by atoms with Crippen LogP contribution < -0.4 is 17.2 Å². The highest BCUT2D eigenvalue weighted by atomic mass is 16.1. The van der Waals surface area contributed by atoms with Crippen molar-refractivity contribution in [3.8, 4) is 6.07 Å². The molecular weight excluding hydrogens is 158 g/mol. The topological polar surface area (TPSA) is 131 Å². The van der Waals surface area contributed by atoms with Crippen LogP contribution in [0.3, 0.4) is 0 Å². The Morgan fingerprint density at radius 1 is 1.75 bits per heavy atom. The summed E-state index contributed by atoms with van der Waals surface area (Å²) in [4.78, 5) is 14.0. The van der Waals surface area contributed by atoms with Crippen LogP contribution in [0.1, 0.15) is 0 Å². The number of nitrogens with zero attached hydrogens (tertiary/aromatic N) is 2. The van der Waals surface area contributed by atoms with E-state index in [1.165, 1.54) is 0 Å². The van der Waals surface area contributed by atoms with Crippen LogP contribution in [0.25, 0.3) is 0 Å². The molecule has 0 bridgehead atoms. The summed E-state index contributed by atoms with van der Waals surface area (Å²) in [5.41, 5.74) is 15.6. The number of hydrogen-bond acceptors (Lipinski definition) is 5. The minimum atomic E-state index is -0.965. The quantitative estimate of drug-likeness (QED) is 0.248. The Morgan fingerprint density at radius 3 is 2.67 bits per heavy atom. The van der Waals surface area contributed by atoms with Gasteiger partial charge < -0.3 is 22.0 Å². The molecule has 0 spiro atoms. The Bertz CT molecular complexity index is 218. The Hall–Kier alpha value is -1.45. The maximum atomic E-state index is 10.3. The summed E-state index contributed by atoms with van der Waals surface area (Å²) >= 11 is 0. The predicted octanol–water partition coefficient (Wildman–Crippen LogP) is -2.28. The standard InChI is InChI=1S/C6H11N5O/c7-1-4(9)5(3-12)11-6(10)2-8/h3-5H,2,8-9H2,(H2,10,11). The molecule has 0 aromatic heterocycles. The van der Waals surface area contributed by atoms with E-state index in [4.69, 9.17) is 22.5 Å². The number of amidine groups is 1. The second kappa shape index (κ2) is 5.23. The molecule has 0 heterocycles. The molecule has 0 fully saturated rings. The van der Waals surface area contributed by atoms with E-state index in [1.807, 2.05) is 0 Å². The summed E-state index contributed by atoms with van der Waals surface area (Å²) in [5.74, 6) is 0.109. The Morgan fingerprint density at radius 2 is 2.33 bits per heavy atom. The molecule has 0 amide bonds. The van der Waals surface area contributed by atoms with Crippen LogP contribution in [0.2, 0.25) is 0 Å². The normalized spacial score (nSPS) is 16.2. The van der Waals surface area contributed by atoms with Gasteiger partial charge in [0.1, 0.15) is 24.2 Å². The Kier molecular flexibility index (Phi) is 4.60. The van der Waals surface area contributed by atoms with Gasteiger partial charge in [0.25, 0.3) is 0 Å². The molecule has 0 saturated heterocycles. The molecule has 6 heteroatoms. The van der Waals surface area contributed by atoms with Crippen LogP contribution in [-0.2, 0) is 4.79 Å². The summed E-state index contributed by atoms with van der Waals surface area (Å²) in [6, 6.07) is -0.195. The molecule has 66 valence electrons. The third-order valence-electron chi connectivity index (χ3n) is 1.18. The number of rotatable bonds is 4. The lowest BCUT2D eigenvalue weighted by molar-refractivity contribution is -0.108. The monoisotopic (exact) mass is 169 g/mol. The van der Waals surface area contributed by atoms with Crippen molar-refractivity contribution in [2.24, 2.45) is 22.2 Å². The first-order chi connectivity index (χ1) is 5.65. The minimum absolute atomic E-state index is 0.0441. The van der Waals surface area contributed by atoms with Gasteiger partial charge in [-0.15, -0.1) is 0 Å². The molecule has 0 aromatic rings. The van der Waals surface area contributed by atoms with Crippen LogP contribution in [0, 0.1) is 11.3 Å². The summed E-state index contributed by atoms with van der Waals surface area (Å²) < 4.78 is 0. The minimum Gasteiger partial charge on any atom is -0.386 e. The van der Waals surface area contributed by atoms with Gasteiger partial charge in [-0.05, 0) is 0 Å². The second-order valence-electron chi connectivity index (χ2n) is 2.11. The number of nitrogens with two attached hydrogens (primary N) is 3. The first-order valence-electron chi connectivity index (χ1n) is 3.28. The largest absolute Gasteiger partial charge is 0.386 e. The number of aldehydes is 1. The van der Waals surface area contributed by atoms with E-state index >= 15 is 0 Å². The lowest BCUT2D eigenvalue weighted by Gasteiger charge is -2.07. The zero-order valence-corrected chi connectivity index (χ0v) is 6.47. The van der Waals surface area contributed by atoms with Crippen molar-refractivity contribution in [1.82, 2.24) is 0 Å². The van der Waals surface area contributed by atoms with Gasteiger partial charge in [0, 0.05) is 0 Å². The predicted molar refractivity (Wildman–Crippen MR) is 44.1 cm³/mol. The lowest BCUT2D eigenvalue weighted by atomic mass is 10.2. The molecule has 2 unspecified atom stereocenters. The van der Waals surface area contributed by atoms with Gasteiger partial charge in [-0.3, -0.25) is 4.99 Å². The van der Waals surface area contributed by atoms with Gasteiger partial charge in [-0.25, -0.2) is 0 Å². The van der Waals surface area contributed by atoms with Gasteiger partial charge in [0.05, 0.1) is 12.6 Å². The summed E-state index contributed by atoms with van der Waals surface area (Å²) in [7, 11) is 0. The average Bonchev–Trinajstić information content (AvgIpc) is 2.12. The highest BCUT2D eigenvalue weighted by Gasteiger charge is 2.14. The highest BCUT2D eigenvalue weighted by molar-refractivity contribution is 5.84. The van der Waals surface area contributed by atoms with Crippen LogP contribution >= 0.6 is 0 Å². The molecule has 0 saturated carbocycles. The zero-order chi connectivity index (χ0) is 9.56. The third-order valence-corrected chi connectivity index (χ3v) is 1.18. The summed E-state index contributed by atoms with van der Waals surface area (Å²) in [5, 5.41) is 8.35. The molecule has 0 aliphatic heterocycles. The van der Waals surface area contributed by atoms with E-state index < -0.39 is 12.1 Å². The maximum Gasteiger partial charge on any atom is 0.147 e. The van der Waals surface area contributed by atoms with Gasteiger partial charge in [0.15, 0.2) is 0 Å². The van der Waals surface area contributed by atoms with E-state index in [9.17, 15) is 4.79 Å². The molecule has 0 aromatic carbocycles. The van der Waals surface area contributed by atoms with Gasteiger partial charge in [0.2, 0.25) is 0 Å². The smallest absolute Gasteiger partial charge is 0.147 e. The van der Waals surface area contributed by atoms with Crippen molar-refractivity contribution >= 4 is 12.1 Å². The SMILES string of the molecule is N#CC(N)C(C=O)N=C(N)CN. The van der Waals surface area contributed by atoms with Crippen molar-refractivity contribution in [2.45, 2.75) is 12.1 Å². The van der Waals surface area contributed by atoms with Crippen LogP contribution in [0.4, 0.5) is 0 Å². The summed E-state index contributed by atoms with van der Waals surface area (Å²) in [6.45, 7) is 0.0441. The Labute approximate surface area is 70.0 Å². The van der Waals surface area contributed by atoms with Crippen molar-refractivity contribution in [2.75, 3.05) is 6.54 Å². The summed E-state index contributed by atoms with van der Waals surface area (Å²) in [6.07, 6.45) is 0.469. The van der Waals surface area contributed by atoms with Gasteiger partial charge >= 0.3 is 0 Å². The number of carbonyl (C=O) groups is 1. The fourth-order valence-electron chi connectivity index (χ4n) is 0.516. The molecule has 0 aliphatic rings. The van der Waals surface area contributed by atoms with Crippen molar-refractivity contribution < 1.29 is 4.79 Å². The van der Waals surface area contributed by atoms with Crippen molar-refractivity contribution in [3.63, 3.8) is 0 Å². The van der Waals surface area contributed by atoms with E-state index in [0.717, 1.165) is 0 Å². The first kappa shape index (κ1) is 10.6. The lowest BCUT2D eigenvalue weighted by Crippen LogP contribution is -2.36. The molecule has 6 N–H and O–H groups in total. The third kappa shape index (κ3) is 3.09. The number of hydrogen-bond donors (Lipinski definition) is 3.